The predicted molar refractivity (Wildman–Crippen MR) is 100 cm³/mol. The number of carbonyl (C=O) groups is 2. The Bertz CT molecular complexity index is 761. The molecule has 2 aromatic carbocycles. The third-order valence-corrected chi connectivity index (χ3v) is 4.52. The third kappa shape index (κ3) is 5.07. The van der Waals surface area contributed by atoms with Crippen LogP contribution in [0.1, 0.15) is 23.6 Å². The van der Waals surface area contributed by atoms with Crippen LogP contribution in [-0.4, -0.2) is 29.8 Å². The van der Waals surface area contributed by atoms with E-state index in [9.17, 15) is 9.59 Å². The fourth-order valence-corrected chi connectivity index (χ4v) is 2.91. The normalized spacial score (nSPS) is 11.7. The number of halogens is 1. The first-order valence-electron chi connectivity index (χ1n) is 8.22. The molecule has 0 unspecified atom stereocenters. The summed E-state index contributed by atoms with van der Waals surface area (Å²) in [5, 5.41) is 3.17. The van der Waals surface area contributed by atoms with Gasteiger partial charge in [-0.2, -0.15) is 0 Å². The van der Waals surface area contributed by atoms with Crippen molar-refractivity contribution in [3.05, 3.63) is 70.2 Å². The van der Waals surface area contributed by atoms with Gasteiger partial charge in [0.1, 0.15) is 6.04 Å². The van der Waals surface area contributed by atoms with Crippen LogP contribution in [0.4, 0.5) is 0 Å². The maximum absolute atomic E-state index is 12.9. The molecule has 132 valence electrons. The Kier molecular flexibility index (Phi) is 6.59. The second kappa shape index (κ2) is 8.67. The summed E-state index contributed by atoms with van der Waals surface area (Å²) in [6.45, 7) is 4.11. The maximum atomic E-state index is 12.9. The lowest BCUT2D eigenvalue weighted by Gasteiger charge is -2.28. The van der Waals surface area contributed by atoms with Crippen LogP contribution in [0.15, 0.2) is 48.5 Å². The van der Waals surface area contributed by atoms with Gasteiger partial charge in [-0.15, -0.1) is 0 Å². The molecule has 2 amide bonds. The molecule has 0 radical (unpaired) electrons. The minimum absolute atomic E-state index is 0.134. The highest BCUT2D eigenvalue weighted by Crippen LogP contribution is 2.18. The van der Waals surface area contributed by atoms with Crippen molar-refractivity contribution in [2.75, 3.05) is 7.05 Å². The first-order chi connectivity index (χ1) is 11.9. The highest BCUT2D eigenvalue weighted by atomic mass is 35.5. The van der Waals surface area contributed by atoms with Gasteiger partial charge in [0.2, 0.25) is 11.8 Å². The molecule has 0 spiro atoms. The molecule has 0 saturated carbocycles. The van der Waals surface area contributed by atoms with Gasteiger partial charge in [-0.25, -0.2) is 0 Å². The van der Waals surface area contributed by atoms with Crippen molar-refractivity contribution in [2.24, 2.45) is 0 Å². The molecule has 1 N–H and O–H groups in total. The molecule has 0 aliphatic heterocycles. The van der Waals surface area contributed by atoms with Crippen molar-refractivity contribution in [2.45, 2.75) is 32.9 Å². The zero-order valence-electron chi connectivity index (χ0n) is 14.8. The first-order valence-corrected chi connectivity index (χ1v) is 8.60. The number of benzene rings is 2. The number of hydrogen-bond acceptors (Lipinski definition) is 2. The quantitative estimate of drug-likeness (QED) is 0.860. The maximum Gasteiger partial charge on any atom is 0.242 e. The zero-order valence-corrected chi connectivity index (χ0v) is 15.5. The molecule has 0 heterocycles. The van der Waals surface area contributed by atoms with Gasteiger partial charge in [-0.3, -0.25) is 9.59 Å². The molecule has 4 nitrogen and oxygen atoms in total. The Hall–Kier alpha value is -2.33. The van der Waals surface area contributed by atoms with Crippen molar-refractivity contribution in [1.29, 1.82) is 0 Å². The molecular formula is C20H23ClN2O2. The Balaban J connectivity index is 2.25. The van der Waals surface area contributed by atoms with E-state index in [1.54, 1.807) is 24.9 Å². The van der Waals surface area contributed by atoms with Gasteiger partial charge in [0, 0.05) is 18.6 Å². The van der Waals surface area contributed by atoms with Crippen LogP contribution in [0, 0.1) is 6.92 Å². The van der Waals surface area contributed by atoms with E-state index in [0.29, 0.717) is 11.6 Å². The van der Waals surface area contributed by atoms with E-state index in [2.05, 4.69) is 5.32 Å². The van der Waals surface area contributed by atoms with E-state index in [1.165, 1.54) is 0 Å². The van der Waals surface area contributed by atoms with Gasteiger partial charge in [0.05, 0.1) is 6.42 Å². The van der Waals surface area contributed by atoms with Crippen molar-refractivity contribution in [1.82, 2.24) is 10.2 Å². The van der Waals surface area contributed by atoms with Gasteiger partial charge < -0.3 is 10.2 Å². The molecule has 1 atom stereocenters. The van der Waals surface area contributed by atoms with Crippen LogP contribution in [0.3, 0.4) is 0 Å². The number of rotatable bonds is 6. The van der Waals surface area contributed by atoms with Crippen LogP contribution in [0.2, 0.25) is 5.02 Å². The topological polar surface area (TPSA) is 49.4 Å². The van der Waals surface area contributed by atoms with E-state index in [-0.39, 0.29) is 18.2 Å². The highest BCUT2D eigenvalue weighted by Gasteiger charge is 2.25. The van der Waals surface area contributed by atoms with Crippen LogP contribution in [-0.2, 0) is 22.6 Å². The lowest BCUT2D eigenvalue weighted by atomic mass is 10.1. The highest BCUT2D eigenvalue weighted by molar-refractivity contribution is 6.31. The van der Waals surface area contributed by atoms with Gasteiger partial charge in [0.25, 0.3) is 0 Å². The standard InChI is InChI=1S/C20H23ClN2O2/c1-14-7-6-8-16(11-14)13-23(15(2)20(25)22-3)19(24)12-17-9-4-5-10-18(17)21/h4-11,15H,12-13H2,1-3H3,(H,22,25)/t15-/m1/s1. The van der Waals surface area contributed by atoms with Gasteiger partial charge >= 0.3 is 0 Å². The molecule has 0 aliphatic rings. The van der Waals surface area contributed by atoms with E-state index in [1.807, 2.05) is 49.4 Å². The van der Waals surface area contributed by atoms with Gasteiger partial charge in [0.15, 0.2) is 0 Å². The number of nitrogens with zero attached hydrogens (tertiary/aromatic N) is 1. The Morgan fingerprint density at radius 2 is 1.88 bits per heavy atom. The smallest absolute Gasteiger partial charge is 0.242 e. The largest absolute Gasteiger partial charge is 0.357 e. The average Bonchev–Trinajstić information content (AvgIpc) is 2.60. The summed E-state index contributed by atoms with van der Waals surface area (Å²) in [6.07, 6.45) is 0.160. The monoisotopic (exact) mass is 358 g/mol. The van der Waals surface area contributed by atoms with Crippen molar-refractivity contribution < 1.29 is 9.59 Å². The fraction of sp³-hybridized carbons (Fsp3) is 0.300. The number of likely N-dealkylation sites (N-methyl/N-ethyl adjacent to an activating group) is 1. The van der Waals surface area contributed by atoms with Crippen LogP contribution in [0.5, 0.6) is 0 Å². The average molecular weight is 359 g/mol. The van der Waals surface area contributed by atoms with Crippen LogP contribution >= 0.6 is 11.6 Å². The summed E-state index contributed by atoms with van der Waals surface area (Å²) in [6, 6.07) is 14.6. The Morgan fingerprint density at radius 3 is 2.52 bits per heavy atom. The zero-order chi connectivity index (χ0) is 18.4. The van der Waals surface area contributed by atoms with Crippen molar-refractivity contribution >= 4 is 23.4 Å². The first kappa shape index (κ1) is 19.0. The Morgan fingerprint density at radius 1 is 1.16 bits per heavy atom. The van der Waals surface area contributed by atoms with Crippen LogP contribution in [0.25, 0.3) is 0 Å². The van der Waals surface area contributed by atoms with Gasteiger partial charge in [-0.05, 0) is 31.0 Å². The van der Waals surface area contributed by atoms with Gasteiger partial charge in [-0.1, -0.05) is 59.6 Å². The van der Waals surface area contributed by atoms with E-state index >= 15 is 0 Å². The summed E-state index contributed by atoms with van der Waals surface area (Å²) in [5.41, 5.74) is 2.86. The molecule has 0 saturated heterocycles. The summed E-state index contributed by atoms with van der Waals surface area (Å²) in [7, 11) is 1.57. The fourth-order valence-electron chi connectivity index (χ4n) is 2.70. The number of carbonyl (C=O) groups excluding carboxylic acids is 2. The third-order valence-electron chi connectivity index (χ3n) is 4.15. The predicted octanol–water partition coefficient (Wildman–Crippen LogP) is 3.35. The molecule has 0 bridgehead atoms. The minimum atomic E-state index is -0.569. The van der Waals surface area contributed by atoms with Crippen molar-refractivity contribution in [3.8, 4) is 0 Å². The lowest BCUT2D eigenvalue weighted by Crippen LogP contribution is -2.47. The molecule has 25 heavy (non-hydrogen) atoms. The summed E-state index contributed by atoms with van der Waals surface area (Å²) >= 11 is 6.17. The molecular weight excluding hydrogens is 336 g/mol. The second-order valence-electron chi connectivity index (χ2n) is 6.07. The SMILES string of the molecule is CNC(=O)[C@@H](C)N(Cc1cccc(C)c1)C(=O)Cc1ccccc1Cl. The molecule has 0 aromatic heterocycles. The molecule has 5 heteroatoms. The van der Waals surface area contributed by atoms with E-state index < -0.39 is 6.04 Å². The Labute approximate surface area is 153 Å². The number of nitrogens with one attached hydrogen (secondary N) is 1. The number of aryl methyl sites for hydroxylation is 1. The molecule has 0 aliphatic carbocycles. The van der Waals surface area contributed by atoms with E-state index in [4.69, 9.17) is 11.6 Å². The molecule has 2 rings (SSSR count). The summed E-state index contributed by atoms with van der Waals surface area (Å²) in [4.78, 5) is 26.6. The van der Waals surface area contributed by atoms with Crippen LogP contribution < -0.4 is 5.32 Å². The van der Waals surface area contributed by atoms with E-state index in [0.717, 1.165) is 16.7 Å². The van der Waals surface area contributed by atoms with Crippen molar-refractivity contribution in [3.63, 3.8) is 0 Å². The number of amides is 2. The lowest BCUT2D eigenvalue weighted by molar-refractivity contribution is -0.139. The minimum Gasteiger partial charge on any atom is -0.357 e. The molecule has 2 aromatic rings. The number of hydrogen-bond donors (Lipinski definition) is 1. The summed E-state index contributed by atoms with van der Waals surface area (Å²) in [5.74, 6) is -0.328. The molecule has 0 fully saturated rings. The summed E-state index contributed by atoms with van der Waals surface area (Å²) < 4.78 is 0. The second-order valence-corrected chi connectivity index (χ2v) is 6.48.